The number of para-hydroxylation sites is 1. The van der Waals surface area contributed by atoms with E-state index in [1.165, 1.54) is 37.7 Å². The minimum atomic E-state index is 0.0787. The summed E-state index contributed by atoms with van der Waals surface area (Å²) in [5, 5.41) is 3.30. The third-order valence-electron chi connectivity index (χ3n) is 5.59. The van der Waals surface area contributed by atoms with Crippen molar-refractivity contribution in [2.24, 2.45) is 16.6 Å². The Morgan fingerprint density at radius 1 is 1.26 bits per heavy atom. The van der Waals surface area contributed by atoms with Gasteiger partial charge in [-0.2, -0.15) is 0 Å². The van der Waals surface area contributed by atoms with Gasteiger partial charge in [-0.15, -0.1) is 0 Å². The van der Waals surface area contributed by atoms with Crippen molar-refractivity contribution in [1.82, 2.24) is 5.32 Å². The molecule has 2 aliphatic carbocycles. The van der Waals surface area contributed by atoms with Crippen LogP contribution in [0.4, 0.5) is 0 Å². The number of nitrogens with one attached hydrogen (secondary N) is 1. The van der Waals surface area contributed by atoms with Crippen LogP contribution < -0.4 is 15.8 Å². The Morgan fingerprint density at radius 3 is 2.65 bits per heavy atom. The molecule has 4 nitrogen and oxygen atoms in total. The van der Waals surface area contributed by atoms with Crippen molar-refractivity contribution < 1.29 is 4.74 Å². The van der Waals surface area contributed by atoms with Gasteiger partial charge in [-0.1, -0.05) is 37.5 Å². The van der Waals surface area contributed by atoms with Crippen LogP contribution in [0.1, 0.15) is 50.5 Å². The summed E-state index contributed by atoms with van der Waals surface area (Å²) in [6.07, 6.45) is 8.84. The molecule has 0 aromatic heterocycles. The fourth-order valence-corrected chi connectivity index (χ4v) is 3.89. The zero-order valence-electron chi connectivity index (χ0n) is 14.2. The molecule has 0 radical (unpaired) electrons. The maximum absolute atomic E-state index is 6.09. The van der Waals surface area contributed by atoms with E-state index in [4.69, 9.17) is 10.5 Å². The molecule has 0 bridgehead atoms. The molecule has 3 rings (SSSR count). The van der Waals surface area contributed by atoms with Crippen LogP contribution in [0, 0.1) is 5.92 Å². The van der Waals surface area contributed by atoms with Crippen molar-refractivity contribution in [3.05, 3.63) is 29.8 Å². The van der Waals surface area contributed by atoms with E-state index < -0.39 is 0 Å². The molecule has 0 saturated heterocycles. The van der Waals surface area contributed by atoms with Crippen LogP contribution >= 0.6 is 0 Å². The fourth-order valence-electron chi connectivity index (χ4n) is 3.89. The van der Waals surface area contributed by atoms with Crippen molar-refractivity contribution in [3.8, 4) is 5.75 Å². The van der Waals surface area contributed by atoms with Crippen molar-refractivity contribution >= 4 is 5.96 Å². The summed E-state index contributed by atoms with van der Waals surface area (Å²) in [5.41, 5.74) is 7.46. The lowest BCUT2D eigenvalue weighted by molar-refractivity contribution is 0.315. The van der Waals surface area contributed by atoms with Crippen molar-refractivity contribution in [1.29, 1.82) is 0 Å². The van der Waals surface area contributed by atoms with Crippen LogP contribution in [0.2, 0.25) is 0 Å². The van der Waals surface area contributed by atoms with E-state index in [2.05, 4.69) is 28.5 Å². The Bertz CT molecular complexity index is 545. The molecule has 0 spiro atoms. The van der Waals surface area contributed by atoms with Crippen molar-refractivity contribution in [2.45, 2.75) is 50.4 Å². The number of rotatable bonds is 6. The lowest BCUT2D eigenvalue weighted by atomic mass is 9.78. The summed E-state index contributed by atoms with van der Waals surface area (Å²) in [5.74, 6) is 2.36. The highest BCUT2D eigenvalue weighted by Gasteiger charge is 2.37. The number of nitrogens with two attached hydrogens (primary N) is 1. The highest BCUT2D eigenvalue weighted by molar-refractivity contribution is 5.77. The quantitative estimate of drug-likeness (QED) is 0.626. The summed E-state index contributed by atoms with van der Waals surface area (Å²) in [4.78, 5) is 4.69. The lowest BCUT2D eigenvalue weighted by Gasteiger charge is -2.30. The summed E-state index contributed by atoms with van der Waals surface area (Å²) < 4.78 is 5.60. The standard InChI is InChI=1S/C19H29N3O/c1-23-17-10-3-2-9-16(17)19(11-4-5-12-19)14-22-18(20)21-13-15-7-6-8-15/h2-3,9-10,15H,4-8,11-14H2,1H3,(H3,20,21,22). The number of aliphatic imine (C=N–C) groups is 1. The first kappa shape index (κ1) is 16.2. The van der Waals surface area contributed by atoms with E-state index in [1.807, 2.05) is 6.07 Å². The third kappa shape index (κ3) is 3.62. The monoisotopic (exact) mass is 315 g/mol. The molecule has 1 aromatic carbocycles. The first-order valence-corrected chi connectivity index (χ1v) is 8.91. The van der Waals surface area contributed by atoms with E-state index in [-0.39, 0.29) is 5.41 Å². The van der Waals surface area contributed by atoms with Gasteiger partial charge in [0, 0.05) is 17.5 Å². The molecule has 2 fully saturated rings. The topological polar surface area (TPSA) is 59.6 Å². The Balaban J connectivity index is 1.70. The summed E-state index contributed by atoms with van der Waals surface area (Å²) >= 11 is 0. The minimum absolute atomic E-state index is 0.0787. The average Bonchev–Trinajstić information content (AvgIpc) is 3.01. The second kappa shape index (κ2) is 7.24. The van der Waals surface area contributed by atoms with Crippen molar-refractivity contribution in [2.75, 3.05) is 20.2 Å². The molecule has 126 valence electrons. The maximum atomic E-state index is 6.09. The van der Waals surface area contributed by atoms with Gasteiger partial charge in [-0.25, -0.2) is 0 Å². The predicted molar refractivity (Wildman–Crippen MR) is 95.0 cm³/mol. The average molecular weight is 315 g/mol. The van der Waals surface area contributed by atoms with Gasteiger partial charge in [-0.3, -0.25) is 4.99 Å². The van der Waals surface area contributed by atoms with E-state index in [0.29, 0.717) is 5.96 Å². The summed E-state index contributed by atoms with van der Waals surface area (Å²) in [6.45, 7) is 1.72. The Morgan fingerprint density at radius 2 is 2.00 bits per heavy atom. The molecular weight excluding hydrogens is 286 g/mol. The molecule has 0 aliphatic heterocycles. The zero-order chi connectivity index (χ0) is 16.1. The molecule has 0 unspecified atom stereocenters. The molecule has 0 atom stereocenters. The van der Waals surface area contributed by atoms with E-state index in [9.17, 15) is 0 Å². The highest BCUT2D eigenvalue weighted by Crippen LogP contribution is 2.44. The van der Waals surface area contributed by atoms with Gasteiger partial charge < -0.3 is 15.8 Å². The first-order chi connectivity index (χ1) is 11.2. The van der Waals surface area contributed by atoms with Gasteiger partial charge in [0.1, 0.15) is 5.75 Å². The van der Waals surface area contributed by atoms with E-state index in [1.54, 1.807) is 7.11 Å². The van der Waals surface area contributed by atoms with Crippen LogP contribution in [0.15, 0.2) is 29.3 Å². The molecule has 0 amide bonds. The van der Waals surface area contributed by atoms with Gasteiger partial charge in [0.2, 0.25) is 0 Å². The molecule has 4 heteroatoms. The zero-order valence-corrected chi connectivity index (χ0v) is 14.2. The third-order valence-corrected chi connectivity index (χ3v) is 5.59. The van der Waals surface area contributed by atoms with Crippen molar-refractivity contribution in [3.63, 3.8) is 0 Å². The fraction of sp³-hybridized carbons (Fsp3) is 0.632. The van der Waals surface area contributed by atoms with Gasteiger partial charge in [0.25, 0.3) is 0 Å². The molecule has 23 heavy (non-hydrogen) atoms. The number of methoxy groups -OCH3 is 1. The summed E-state index contributed by atoms with van der Waals surface area (Å²) in [7, 11) is 1.75. The van der Waals surface area contributed by atoms with Gasteiger partial charge >= 0.3 is 0 Å². The van der Waals surface area contributed by atoms with E-state index in [0.717, 1.165) is 37.6 Å². The smallest absolute Gasteiger partial charge is 0.188 e. The Hall–Kier alpha value is -1.71. The number of benzene rings is 1. The summed E-state index contributed by atoms with van der Waals surface area (Å²) in [6, 6.07) is 8.37. The number of guanidine groups is 1. The van der Waals surface area contributed by atoms with Gasteiger partial charge in [0.05, 0.1) is 13.7 Å². The number of hydrogen-bond donors (Lipinski definition) is 2. The molecule has 0 heterocycles. The van der Waals surface area contributed by atoms with Gasteiger partial charge in [0.15, 0.2) is 5.96 Å². The predicted octanol–water partition coefficient (Wildman–Crippen LogP) is 3.21. The molecule has 3 N–H and O–H groups in total. The first-order valence-electron chi connectivity index (χ1n) is 8.91. The van der Waals surface area contributed by atoms with Crippen LogP contribution in [0.3, 0.4) is 0 Å². The molecule has 2 aliphatic rings. The largest absolute Gasteiger partial charge is 0.496 e. The minimum Gasteiger partial charge on any atom is -0.496 e. The van der Waals surface area contributed by atoms with Crippen LogP contribution in [-0.2, 0) is 5.41 Å². The second-order valence-corrected chi connectivity index (χ2v) is 7.07. The Labute approximate surface area is 139 Å². The van der Waals surface area contributed by atoms with Crippen LogP contribution in [-0.4, -0.2) is 26.2 Å². The second-order valence-electron chi connectivity index (χ2n) is 7.07. The molecular formula is C19H29N3O. The number of ether oxygens (including phenoxy) is 1. The molecule has 2 saturated carbocycles. The Kier molecular flexibility index (Phi) is 5.09. The SMILES string of the molecule is COc1ccccc1C1(CN=C(N)NCC2CCC2)CCCC1. The molecule has 1 aromatic rings. The highest BCUT2D eigenvalue weighted by atomic mass is 16.5. The van der Waals surface area contributed by atoms with Crippen LogP contribution in [0.25, 0.3) is 0 Å². The normalized spacial score (nSPS) is 21.0. The number of hydrogen-bond acceptors (Lipinski definition) is 2. The lowest BCUT2D eigenvalue weighted by Crippen LogP contribution is -2.38. The number of nitrogens with zero attached hydrogens (tertiary/aromatic N) is 1. The van der Waals surface area contributed by atoms with Crippen LogP contribution in [0.5, 0.6) is 5.75 Å². The van der Waals surface area contributed by atoms with Gasteiger partial charge in [-0.05, 0) is 37.7 Å². The maximum Gasteiger partial charge on any atom is 0.188 e. The van der Waals surface area contributed by atoms with E-state index >= 15 is 0 Å².